The largest absolute Gasteiger partial charge is 0.482 e. The van der Waals surface area contributed by atoms with Gasteiger partial charge in [-0.3, -0.25) is 24.6 Å². The number of hydrogen-bond acceptors (Lipinski definition) is 6. The molecule has 1 saturated heterocycles. The van der Waals surface area contributed by atoms with Gasteiger partial charge in [-0.05, 0) is 42.7 Å². The molecule has 8 heteroatoms. The number of nitrogens with zero attached hydrogens (tertiary/aromatic N) is 2. The molecular formula is C23H26N2O6. The maximum atomic E-state index is 12.9. The van der Waals surface area contributed by atoms with Crippen LogP contribution in [0.15, 0.2) is 48.5 Å². The highest BCUT2D eigenvalue weighted by atomic mass is 16.6. The van der Waals surface area contributed by atoms with Gasteiger partial charge in [-0.2, -0.15) is 0 Å². The molecule has 1 heterocycles. The van der Waals surface area contributed by atoms with Crippen LogP contribution < -0.4 is 4.74 Å². The van der Waals surface area contributed by atoms with Crippen molar-refractivity contribution in [2.45, 2.75) is 38.8 Å². The van der Waals surface area contributed by atoms with Gasteiger partial charge in [0.15, 0.2) is 6.10 Å². The molecule has 0 aliphatic carbocycles. The lowest BCUT2D eigenvalue weighted by molar-refractivity contribution is -0.384. The third kappa shape index (κ3) is 5.88. The molecule has 1 aliphatic rings. The number of Topliss-reactive ketones (excluding diaryl/α,β-unsaturated/α-hetero) is 1. The van der Waals surface area contributed by atoms with Crippen molar-refractivity contribution in [3.05, 3.63) is 69.8 Å². The van der Waals surface area contributed by atoms with E-state index in [0.717, 1.165) is 18.4 Å². The molecule has 0 aromatic heterocycles. The second-order valence-corrected chi connectivity index (χ2v) is 7.79. The molecule has 0 bridgehead atoms. The molecule has 0 radical (unpaired) electrons. The molecule has 2 aromatic rings. The summed E-state index contributed by atoms with van der Waals surface area (Å²) in [6, 6.07) is 13.0. The van der Waals surface area contributed by atoms with Gasteiger partial charge in [-0.1, -0.05) is 25.5 Å². The van der Waals surface area contributed by atoms with Gasteiger partial charge >= 0.3 is 5.97 Å². The summed E-state index contributed by atoms with van der Waals surface area (Å²) in [5, 5.41) is 19.8. The lowest BCUT2D eigenvalue weighted by Crippen LogP contribution is -2.49. The van der Waals surface area contributed by atoms with E-state index < -0.39 is 17.0 Å². The number of non-ortho nitro benzene ring substituents is 1. The Morgan fingerprint density at radius 1 is 1.16 bits per heavy atom. The van der Waals surface area contributed by atoms with Gasteiger partial charge in [0.1, 0.15) is 5.75 Å². The first-order chi connectivity index (χ1) is 14.9. The van der Waals surface area contributed by atoms with E-state index >= 15 is 0 Å². The van der Waals surface area contributed by atoms with E-state index in [1.165, 1.54) is 24.3 Å². The molecule has 2 aromatic carbocycles. The Morgan fingerprint density at radius 2 is 1.81 bits per heavy atom. The molecule has 1 fully saturated rings. The zero-order valence-corrected chi connectivity index (χ0v) is 17.4. The highest BCUT2D eigenvalue weighted by molar-refractivity contribution is 5.99. The van der Waals surface area contributed by atoms with E-state index in [-0.39, 0.29) is 17.4 Å². The third-order valence-corrected chi connectivity index (χ3v) is 5.39. The number of likely N-dealkylation sites (tertiary alicyclic amines) is 1. The van der Waals surface area contributed by atoms with Crippen LogP contribution in [-0.4, -0.2) is 45.9 Å². The topological polar surface area (TPSA) is 110 Å². The van der Waals surface area contributed by atoms with Gasteiger partial charge < -0.3 is 9.84 Å². The number of aliphatic carboxylic acids is 1. The van der Waals surface area contributed by atoms with Gasteiger partial charge in [0.2, 0.25) is 5.78 Å². The zero-order chi connectivity index (χ0) is 22.4. The fraction of sp³-hybridized carbons (Fsp3) is 0.391. The van der Waals surface area contributed by atoms with E-state index in [9.17, 15) is 19.7 Å². The number of benzene rings is 2. The SMILES string of the molecule is CCCCC(Oc1ccc(CN2CC(C(=O)O)C2)cc1)C(=O)c1ccc([N+](=O)[O-])cc1. The first-order valence-corrected chi connectivity index (χ1v) is 10.4. The van der Waals surface area contributed by atoms with Crippen LogP contribution in [0.3, 0.4) is 0 Å². The summed E-state index contributed by atoms with van der Waals surface area (Å²) in [6.45, 7) is 3.81. The normalized spacial score (nSPS) is 15.1. The lowest BCUT2D eigenvalue weighted by Gasteiger charge is -2.36. The first kappa shape index (κ1) is 22.4. The average molecular weight is 426 g/mol. The fourth-order valence-electron chi connectivity index (χ4n) is 3.52. The minimum Gasteiger partial charge on any atom is -0.482 e. The van der Waals surface area contributed by atoms with Crippen molar-refractivity contribution in [1.82, 2.24) is 4.90 Å². The first-order valence-electron chi connectivity index (χ1n) is 10.4. The van der Waals surface area contributed by atoms with Crippen LogP contribution >= 0.6 is 0 Å². The quantitative estimate of drug-likeness (QED) is 0.329. The Morgan fingerprint density at radius 3 is 2.35 bits per heavy atom. The second-order valence-electron chi connectivity index (χ2n) is 7.79. The number of carboxylic acids is 1. The maximum absolute atomic E-state index is 12.9. The molecule has 3 rings (SSSR count). The van der Waals surface area contributed by atoms with Crippen LogP contribution in [0, 0.1) is 16.0 Å². The van der Waals surface area contributed by atoms with Crippen molar-refractivity contribution in [2.75, 3.05) is 13.1 Å². The van der Waals surface area contributed by atoms with Crippen molar-refractivity contribution >= 4 is 17.4 Å². The Hall–Kier alpha value is -3.26. The number of nitro benzene ring substituents is 1. The summed E-state index contributed by atoms with van der Waals surface area (Å²) >= 11 is 0. The molecule has 0 amide bonds. The summed E-state index contributed by atoms with van der Waals surface area (Å²) in [7, 11) is 0. The highest BCUT2D eigenvalue weighted by Crippen LogP contribution is 2.23. The molecule has 164 valence electrons. The molecule has 1 N–H and O–H groups in total. The van der Waals surface area contributed by atoms with Crippen LogP contribution in [0.1, 0.15) is 42.1 Å². The van der Waals surface area contributed by atoms with Crippen LogP contribution in [0.2, 0.25) is 0 Å². The summed E-state index contributed by atoms with van der Waals surface area (Å²) < 4.78 is 5.98. The summed E-state index contributed by atoms with van der Waals surface area (Å²) in [4.78, 5) is 36.2. The third-order valence-electron chi connectivity index (χ3n) is 5.39. The standard InChI is InChI=1S/C23H26N2O6/c1-2-3-4-21(22(26)17-7-9-19(10-8-17)25(29)30)31-20-11-5-16(6-12-20)13-24-14-18(15-24)23(27)28/h5-12,18,21H,2-4,13-15H2,1H3,(H,27,28). The van der Waals surface area contributed by atoms with Gasteiger partial charge in [-0.15, -0.1) is 0 Å². The van der Waals surface area contributed by atoms with Crippen LogP contribution in [0.4, 0.5) is 5.69 Å². The molecule has 8 nitrogen and oxygen atoms in total. The monoisotopic (exact) mass is 426 g/mol. The lowest BCUT2D eigenvalue weighted by atomic mass is 9.99. The maximum Gasteiger partial charge on any atom is 0.309 e. The van der Waals surface area contributed by atoms with E-state index in [1.807, 2.05) is 31.2 Å². The number of hydrogen-bond donors (Lipinski definition) is 1. The summed E-state index contributed by atoms with van der Waals surface area (Å²) in [5.41, 5.74) is 1.37. The van der Waals surface area contributed by atoms with Crippen LogP contribution in [0.5, 0.6) is 5.75 Å². The Kier molecular flexibility index (Phi) is 7.36. The molecule has 0 saturated carbocycles. The van der Waals surface area contributed by atoms with Gasteiger partial charge in [0, 0.05) is 37.3 Å². The summed E-state index contributed by atoms with van der Waals surface area (Å²) in [5.74, 6) is -0.664. The number of carbonyl (C=O) groups is 2. The fourth-order valence-corrected chi connectivity index (χ4v) is 3.52. The molecular weight excluding hydrogens is 400 g/mol. The molecule has 1 atom stereocenters. The number of unbranched alkanes of at least 4 members (excludes halogenated alkanes) is 1. The van der Waals surface area contributed by atoms with Crippen molar-refractivity contribution in [3.63, 3.8) is 0 Å². The Labute approximate surface area is 180 Å². The van der Waals surface area contributed by atoms with E-state index in [4.69, 9.17) is 9.84 Å². The average Bonchev–Trinajstić information content (AvgIpc) is 2.73. The Bertz CT molecular complexity index is 920. The molecule has 1 unspecified atom stereocenters. The number of carboxylic acid groups (broad SMARTS) is 1. The van der Waals surface area contributed by atoms with Crippen molar-refractivity contribution in [1.29, 1.82) is 0 Å². The van der Waals surface area contributed by atoms with E-state index in [1.54, 1.807) is 0 Å². The van der Waals surface area contributed by atoms with Crippen LogP contribution in [0.25, 0.3) is 0 Å². The minimum absolute atomic E-state index is 0.0601. The minimum atomic E-state index is -0.754. The zero-order valence-electron chi connectivity index (χ0n) is 17.4. The number of ether oxygens (including phenoxy) is 1. The number of rotatable bonds is 11. The van der Waals surface area contributed by atoms with Gasteiger partial charge in [-0.25, -0.2) is 0 Å². The van der Waals surface area contributed by atoms with E-state index in [0.29, 0.717) is 37.4 Å². The van der Waals surface area contributed by atoms with Gasteiger partial charge in [0.05, 0.1) is 10.8 Å². The van der Waals surface area contributed by atoms with Crippen molar-refractivity contribution in [3.8, 4) is 5.75 Å². The molecule has 1 aliphatic heterocycles. The predicted molar refractivity (Wildman–Crippen MR) is 114 cm³/mol. The predicted octanol–water partition coefficient (Wildman–Crippen LogP) is 3.93. The second kappa shape index (κ2) is 10.2. The van der Waals surface area contributed by atoms with E-state index in [2.05, 4.69) is 4.90 Å². The highest BCUT2D eigenvalue weighted by Gasteiger charge is 2.32. The molecule has 31 heavy (non-hydrogen) atoms. The Balaban J connectivity index is 1.62. The van der Waals surface area contributed by atoms with Crippen molar-refractivity contribution < 1.29 is 24.4 Å². The molecule has 0 spiro atoms. The number of carbonyl (C=O) groups excluding carboxylic acids is 1. The number of ketones is 1. The van der Waals surface area contributed by atoms with Crippen molar-refractivity contribution in [2.24, 2.45) is 5.92 Å². The van der Waals surface area contributed by atoms with Gasteiger partial charge in [0.25, 0.3) is 5.69 Å². The van der Waals surface area contributed by atoms with Crippen LogP contribution in [-0.2, 0) is 11.3 Å². The summed E-state index contributed by atoms with van der Waals surface area (Å²) in [6.07, 6.45) is 1.62. The number of nitro groups is 1. The smallest absolute Gasteiger partial charge is 0.309 e.